The molecule has 0 saturated heterocycles. The van der Waals surface area contributed by atoms with Crippen molar-refractivity contribution >= 4 is 29.3 Å². The number of carbonyl (C=O) groups is 2. The van der Waals surface area contributed by atoms with E-state index < -0.39 is 5.97 Å². The van der Waals surface area contributed by atoms with E-state index in [0.29, 0.717) is 0 Å². The standard InChI is InChI=1S/C13H18ClN3O3/c1-3-8(2)16-11(18)6-7-15-12-9(13(19)20)4-5-10(14)17-12/h4-5,8H,3,6-7H2,1-2H3,(H,15,17)(H,16,18)(H,19,20). The molecule has 0 aliphatic heterocycles. The second-order valence-electron chi connectivity index (χ2n) is 4.39. The minimum Gasteiger partial charge on any atom is -0.478 e. The lowest BCUT2D eigenvalue weighted by Gasteiger charge is -2.12. The fourth-order valence-corrected chi connectivity index (χ4v) is 1.63. The second kappa shape index (κ2) is 7.69. The number of halogens is 1. The summed E-state index contributed by atoms with van der Waals surface area (Å²) < 4.78 is 0. The van der Waals surface area contributed by atoms with Crippen LogP contribution in [0.5, 0.6) is 0 Å². The van der Waals surface area contributed by atoms with Crippen molar-refractivity contribution < 1.29 is 14.7 Å². The maximum absolute atomic E-state index is 11.6. The lowest BCUT2D eigenvalue weighted by Crippen LogP contribution is -2.33. The van der Waals surface area contributed by atoms with Gasteiger partial charge in [-0.2, -0.15) is 0 Å². The van der Waals surface area contributed by atoms with Crippen LogP contribution in [0.1, 0.15) is 37.0 Å². The number of hydrogen-bond donors (Lipinski definition) is 3. The monoisotopic (exact) mass is 299 g/mol. The first-order valence-corrected chi connectivity index (χ1v) is 6.75. The van der Waals surface area contributed by atoms with Gasteiger partial charge in [0.15, 0.2) is 0 Å². The number of carboxylic acid groups (broad SMARTS) is 1. The van der Waals surface area contributed by atoms with Crippen molar-refractivity contribution in [3.8, 4) is 0 Å². The molecule has 0 radical (unpaired) electrons. The number of nitrogens with zero attached hydrogens (tertiary/aromatic N) is 1. The highest BCUT2D eigenvalue weighted by Gasteiger charge is 2.12. The number of anilines is 1. The predicted molar refractivity (Wildman–Crippen MR) is 77.2 cm³/mol. The molecule has 3 N–H and O–H groups in total. The number of aromatic nitrogens is 1. The van der Waals surface area contributed by atoms with E-state index in [9.17, 15) is 9.59 Å². The van der Waals surface area contributed by atoms with Crippen LogP contribution < -0.4 is 10.6 Å². The fourth-order valence-electron chi connectivity index (χ4n) is 1.49. The van der Waals surface area contributed by atoms with Crippen molar-refractivity contribution in [2.24, 2.45) is 0 Å². The number of rotatable bonds is 7. The van der Waals surface area contributed by atoms with Crippen LogP contribution >= 0.6 is 11.6 Å². The van der Waals surface area contributed by atoms with Crippen molar-refractivity contribution in [1.29, 1.82) is 0 Å². The van der Waals surface area contributed by atoms with E-state index in [0.717, 1.165) is 6.42 Å². The van der Waals surface area contributed by atoms with Crippen LogP contribution in [0.4, 0.5) is 5.82 Å². The average Bonchev–Trinajstić information content (AvgIpc) is 2.38. The zero-order chi connectivity index (χ0) is 15.1. The van der Waals surface area contributed by atoms with Gasteiger partial charge < -0.3 is 15.7 Å². The molecule has 0 aliphatic carbocycles. The molecular weight excluding hydrogens is 282 g/mol. The van der Waals surface area contributed by atoms with E-state index in [1.54, 1.807) is 0 Å². The summed E-state index contributed by atoms with van der Waals surface area (Å²) in [5.41, 5.74) is 0.0248. The van der Waals surface area contributed by atoms with Crippen molar-refractivity contribution in [1.82, 2.24) is 10.3 Å². The van der Waals surface area contributed by atoms with Gasteiger partial charge in [0.2, 0.25) is 5.91 Å². The first kappa shape index (κ1) is 16.2. The number of pyridine rings is 1. The molecule has 1 rings (SSSR count). The van der Waals surface area contributed by atoms with Gasteiger partial charge in [0.25, 0.3) is 0 Å². The highest BCUT2D eigenvalue weighted by molar-refractivity contribution is 6.29. The summed E-state index contributed by atoms with van der Waals surface area (Å²) in [6.45, 7) is 4.19. The van der Waals surface area contributed by atoms with E-state index in [1.165, 1.54) is 12.1 Å². The lowest BCUT2D eigenvalue weighted by molar-refractivity contribution is -0.121. The molecule has 1 unspecified atom stereocenters. The summed E-state index contributed by atoms with van der Waals surface area (Å²) in [6.07, 6.45) is 1.09. The van der Waals surface area contributed by atoms with Crippen LogP contribution in [0.2, 0.25) is 5.15 Å². The Balaban J connectivity index is 2.55. The maximum atomic E-state index is 11.6. The molecule has 1 aromatic rings. The van der Waals surface area contributed by atoms with Gasteiger partial charge in [0.05, 0.1) is 0 Å². The zero-order valence-corrected chi connectivity index (χ0v) is 12.2. The Kier molecular flexibility index (Phi) is 6.24. The molecule has 0 spiro atoms. The molecule has 1 atom stereocenters. The summed E-state index contributed by atoms with van der Waals surface area (Å²) in [4.78, 5) is 26.5. The molecule has 0 saturated carbocycles. The van der Waals surface area contributed by atoms with E-state index in [1.807, 2.05) is 13.8 Å². The highest BCUT2D eigenvalue weighted by Crippen LogP contribution is 2.16. The van der Waals surface area contributed by atoms with Crippen LogP contribution in [0, 0.1) is 0 Å². The van der Waals surface area contributed by atoms with Gasteiger partial charge in [-0.05, 0) is 25.5 Å². The molecular formula is C13H18ClN3O3. The number of amides is 1. The zero-order valence-electron chi connectivity index (χ0n) is 11.4. The Bertz CT molecular complexity index is 494. The minimum absolute atomic E-state index is 0.0248. The van der Waals surface area contributed by atoms with Crippen molar-refractivity contribution in [2.45, 2.75) is 32.7 Å². The van der Waals surface area contributed by atoms with Gasteiger partial charge in [0.1, 0.15) is 16.5 Å². The number of hydrogen-bond acceptors (Lipinski definition) is 4. The smallest absolute Gasteiger partial charge is 0.339 e. The van der Waals surface area contributed by atoms with Gasteiger partial charge >= 0.3 is 5.97 Å². The molecule has 20 heavy (non-hydrogen) atoms. The quantitative estimate of drug-likeness (QED) is 0.671. The largest absolute Gasteiger partial charge is 0.478 e. The Morgan fingerprint density at radius 1 is 1.45 bits per heavy atom. The molecule has 0 fully saturated rings. The molecule has 0 aromatic carbocycles. The first-order valence-electron chi connectivity index (χ1n) is 6.37. The molecule has 1 aromatic heterocycles. The lowest BCUT2D eigenvalue weighted by atomic mass is 10.2. The third-order valence-corrected chi connectivity index (χ3v) is 2.97. The van der Waals surface area contributed by atoms with Gasteiger partial charge in [-0.15, -0.1) is 0 Å². The Morgan fingerprint density at radius 2 is 2.15 bits per heavy atom. The summed E-state index contributed by atoms with van der Waals surface area (Å²) in [5, 5.41) is 14.9. The van der Waals surface area contributed by atoms with Crippen LogP contribution in [0.3, 0.4) is 0 Å². The number of aromatic carboxylic acids is 1. The SMILES string of the molecule is CCC(C)NC(=O)CCNc1nc(Cl)ccc1C(=O)O. The number of carbonyl (C=O) groups excluding carboxylic acids is 1. The number of carboxylic acids is 1. The molecule has 1 amide bonds. The summed E-state index contributed by atoms with van der Waals surface area (Å²) in [7, 11) is 0. The third kappa shape index (κ3) is 5.05. The maximum Gasteiger partial charge on any atom is 0.339 e. The molecule has 1 heterocycles. The predicted octanol–water partition coefficient (Wildman–Crippen LogP) is 2.15. The third-order valence-electron chi connectivity index (χ3n) is 2.76. The van der Waals surface area contributed by atoms with Gasteiger partial charge in [-0.1, -0.05) is 18.5 Å². The summed E-state index contributed by atoms with van der Waals surface area (Å²) in [6, 6.07) is 2.91. The molecule has 7 heteroatoms. The van der Waals surface area contributed by atoms with Gasteiger partial charge in [0, 0.05) is 19.0 Å². The molecule has 0 aliphatic rings. The number of nitrogens with one attached hydrogen (secondary N) is 2. The van der Waals surface area contributed by atoms with Gasteiger partial charge in [-0.25, -0.2) is 9.78 Å². The average molecular weight is 300 g/mol. The van der Waals surface area contributed by atoms with Crippen LogP contribution in [-0.2, 0) is 4.79 Å². The molecule has 0 bridgehead atoms. The van der Waals surface area contributed by atoms with Gasteiger partial charge in [-0.3, -0.25) is 4.79 Å². The van der Waals surface area contributed by atoms with Crippen molar-refractivity contribution in [3.05, 3.63) is 22.8 Å². The first-order chi connectivity index (χ1) is 9.43. The summed E-state index contributed by atoms with van der Waals surface area (Å²) in [5.74, 6) is -1.02. The van der Waals surface area contributed by atoms with Crippen LogP contribution in [-0.4, -0.2) is 34.6 Å². The summed E-state index contributed by atoms with van der Waals surface area (Å²) >= 11 is 5.73. The van der Waals surface area contributed by atoms with Crippen LogP contribution in [0.15, 0.2) is 12.1 Å². The fraction of sp³-hybridized carbons (Fsp3) is 0.462. The Hall–Kier alpha value is -1.82. The van der Waals surface area contributed by atoms with Crippen LogP contribution in [0.25, 0.3) is 0 Å². The normalized spacial score (nSPS) is 11.8. The Morgan fingerprint density at radius 3 is 2.75 bits per heavy atom. The van der Waals surface area contributed by atoms with E-state index in [-0.39, 0.29) is 41.4 Å². The second-order valence-corrected chi connectivity index (χ2v) is 4.78. The topological polar surface area (TPSA) is 91.3 Å². The van der Waals surface area contributed by atoms with E-state index in [4.69, 9.17) is 16.7 Å². The van der Waals surface area contributed by atoms with E-state index in [2.05, 4.69) is 15.6 Å². The van der Waals surface area contributed by atoms with Crippen molar-refractivity contribution in [2.75, 3.05) is 11.9 Å². The molecule has 6 nitrogen and oxygen atoms in total. The Labute approximate surface area is 122 Å². The minimum atomic E-state index is -1.10. The van der Waals surface area contributed by atoms with E-state index >= 15 is 0 Å². The highest BCUT2D eigenvalue weighted by atomic mass is 35.5. The molecule has 110 valence electrons. The van der Waals surface area contributed by atoms with Crippen molar-refractivity contribution in [3.63, 3.8) is 0 Å².